The highest BCUT2D eigenvalue weighted by Crippen LogP contribution is 2.38. The van der Waals surface area contributed by atoms with Gasteiger partial charge >= 0.3 is 0 Å². The lowest BCUT2D eigenvalue weighted by molar-refractivity contribution is 0.209. The topological polar surface area (TPSA) is 61.0 Å². The van der Waals surface area contributed by atoms with Crippen molar-refractivity contribution in [1.82, 2.24) is 14.8 Å². The van der Waals surface area contributed by atoms with Gasteiger partial charge in [-0.3, -0.25) is 4.99 Å². The molecule has 24 heavy (non-hydrogen) atoms. The van der Waals surface area contributed by atoms with Crippen LogP contribution in [0, 0.1) is 5.41 Å². The summed E-state index contributed by atoms with van der Waals surface area (Å²) in [6.07, 6.45) is 7.08. The quantitative estimate of drug-likeness (QED) is 0.647. The summed E-state index contributed by atoms with van der Waals surface area (Å²) in [6.45, 7) is 5.76. The summed E-state index contributed by atoms with van der Waals surface area (Å²) in [6, 6.07) is 0. The molecule has 3 rings (SSSR count). The van der Waals surface area contributed by atoms with Gasteiger partial charge in [0.25, 0.3) is 0 Å². The molecular weight excluding hydrogens is 320 g/mol. The molecule has 2 aliphatic rings. The number of aromatic nitrogens is 1. The van der Waals surface area contributed by atoms with Crippen LogP contribution in [0.1, 0.15) is 25.7 Å². The first-order valence-electron chi connectivity index (χ1n) is 8.92. The SMILES string of the molecule is CN(C)CC1(CN=C(N)N2CCN(c3nccs3)CC2)CCCC1. The number of nitrogens with two attached hydrogens (primary N) is 1. The molecule has 2 fully saturated rings. The number of rotatable bonds is 5. The Kier molecular flexibility index (Phi) is 5.61. The number of thiazole rings is 1. The van der Waals surface area contributed by atoms with Gasteiger partial charge in [0.2, 0.25) is 0 Å². The van der Waals surface area contributed by atoms with E-state index in [1.807, 2.05) is 11.6 Å². The zero-order chi connectivity index (χ0) is 17.0. The molecule has 2 N–H and O–H groups in total. The van der Waals surface area contributed by atoms with Gasteiger partial charge in [-0.2, -0.15) is 0 Å². The van der Waals surface area contributed by atoms with Crippen molar-refractivity contribution in [3.63, 3.8) is 0 Å². The van der Waals surface area contributed by atoms with Crippen molar-refractivity contribution in [2.24, 2.45) is 16.1 Å². The molecule has 1 aliphatic heterocycles. The Morgan fingerprint density at radius 2 is 2.00 bits per heavy atom. The molecule has 0 unspecified atom stereocenters. The Hall–Kier alpha value is -1.34. The molecule has 1 saturated carbocycles. The van der Waals surface area contributed by atoms with Crippen LogP contribution in [-0.2, 0) is 0 Å². The Balaban J connectivity index is 1.54. The van der Waals surface area contributed by atoms with E-state index >= 15 is 0 Å². The summed E-state index contributed by atoms with van der Waals surface area (Å²) in [5, 5.41) is 3.14. The Bertz CT molecular complexity index is 527. The van der Waals surface area contributed by atoms with Crippen LogP contribution >= 0.6 is 11.3 Å². The second-order valence-electron chi connectivity index (χ2n) is 7.41. The smallest absolute Gasteiger partial charge is 0.191 e. The first-order valence-corrected chi connectivity index (χ1v) is 9.80. The highest BCUT2D eigenvalue weighted by Gasteiger charge is 2.34. The molecule has 7 heteroatoms. The average Bonchev–Trinajstić information content (AvgIpc) is 3.24. The summed E-state index contributed by atoms with van der Waals surface area (Å²) in [5.41, 5.74) is 6.64. The predicted octanol–water partition coefficient (Wildman–Crippen LogP) is 1.70. The Morgan fingerprint density at radius 3 is 2.58 bits per heavy atom. The monoisotopic (exact) mass is 350 g/mol. The highest BCUT2D eigenvalue weighted by atomic mass is 32.1. The standard InChI is InChI=1S/C17H30N6S/c1-21(2)14-17(5-3-4-6-17)13-20-15(18)22-8-10-23(11-9-22)16-19-7-12-24-16/h7,12H,3-6,8-11,13-14H2,1-2H3,(H2,18,20). The zero-order valence-corrected chi connectivity index (χ0v) is 15.8. The molecule has 0 aromatic carbocycles. The van der Waals surface area contributed by atoms with Gasteiger partial charge in [0.05, 0.1) is 0 Å². The van der Waals surface area contributed by atoms with Crippen LogP contribution in [0.2, 0.25) is 0 Å². The van der Waals surface area contributed by atoms with Crippen LogP contribution < -0.4 is 10.6 Å². The highest BCUT2D eigenvalue weighted by molar-refractivity contribution is 7.13. The average molecular weight is 351 g/mol. The number of guanidine groups is 1. The van der Waals surface area contributed by atoms with Gasteiger partial charge in [-0.25, -0.2) is 4.98 Å². The molecule has 1 aromatic heterocycles. The first kappa shape index (κ1) is 17.5. The van der Waals surface area contributed by atoms with Gasteiger partial charge < -0.3 is 20.4 Å². The van der Waals surface area contributed by atoms with E-state index < -0.39 is 0 Å². The first-order chi connectivity index (χ1) is 11.6. The largest absolute Gasteiger partial charge is 0.370 e. The van der Waals surface area contributed by atoms with E-state index in [1.165, 1.54) is 25.7 Å². The lowest BCUT2D eigenvalue weighted by Crippen LogP contribution is -2.51. The van der Waals surface area contributed by atoms with Crippen molar-refractivity contribution < 1.29 is 0 Å². The number of piperazine rings is 1. The van der Waals surface area contributed by atoms with Crippen molar-refractivity contribution in [2.75, 3.05) is 58.3 Å². The molecule has 1 aromatic rings. The second kappa shape index (κ2) is 7.70. The van der Waals surface area contributed by atoms with Crippen molar-refractivity contribution in [2.45, 2.75) is 25.7 Å². The fourth-order valence-corrected chi connectivity index (χ4v) is 4.71. The number of nitrogens with zero attached hydrogens (tertiary/aromatic N) is 5. The summed E-state index contributed by atoms with van der Waals surface area (Å²) in [4.78, 5) is 16.1. The van der Waals surface area contributed by atoms with Gasteiger partial charge in [-0.05, 0) is 26.9 Å². The van der Waals surface area contributed by atoms with Gasteiger partial charge in [-0.15, -0.1) is 11.3 Å². The van der Waals surface area contributed by atoms with Gasteiger partial charge in [-0.1, -0.05) is 12.8 Å². The lowest BCUT2D eigenvalue weighted by atomic mass is 9.86. The molecule has 0 amide bonds. The molecule has 0 radical (unpaired) electrons. The number of hydrogen-bond acceptors (Lipinski definition) is 5. The molecule has 2 heterocycles. The normalized spacial score (nSPS) is 21.7. The van der Waals surface area contributed by atoms with Crippen LogP contribution in [-0.4, -0.2) is 74.1 Å². The molecule has 1 saturated heterocycles. The van der Waals surface area contributed by atoms with Gasteiger partial charge in [0.1, 0.15) is 0 Å². The molecule has 0 bridgehead atoms. The molecule has 134 valence electrons. The lowest BCUT2D eigenvalue weighted by Gasteiger charge is -2.36. The fourth-order valence-electron chi connectivity index (χ4n) is 4.01. The number of anilines is 1. The maximum Gasteiger partial charge on any atom is 0.191 e. The summed E-state index contributed by atoms with van der Waals surface area (Å²) < 4.78 is 0. The van der Waals surface area contributed by atoms with E-state index in [4.69, 9.17) is 10.7 Å². The zero-order valence-electron chi connectivity index (χ0n) is 14.9. The van der Waals surface area contributed by atoms with Crippen LogP contribution in [0.3, 0.4) is 0 Å². The van der Waals surface area contributed by atoms with E-state index in [0.29, 0.717) is 5.41 Å². The third-order valence-electron chi connectivity index (χ3n) is 5.19. The molecule has 1 aliphatic carbocycles. The van der Waals surface area contributed by atoms with E-state index in [0.717, 1.165) is 50.4 Å². The van der Waals surface area contributed by atoms with Crippen LogP contribution in [0.5, 0.6) is 0 Å². The van der Waals surface area contributed by atoms with E-state index in [2.05, 4.69) is 33.8 Å². The molecular formula is C17H30N6S. The van der Waals surface area contributed by atoms with Crippen LogP contribution in [0.15, 0.2) is 16.6 Å². The van der Waals surface area contributed by atoms with E-state index in [9.17, 15) is 0 Å². The number of aliphatic imine (C=N–C) groups is 1. The molecule has 6 nitrogen and oxygen atoms in total. The van der Waals surface area contributed by atoms with Crippen molar-refractivity contribution in [1.29, 1.82) is 0 Å². The van der Waals surface area contributed by atoms with Crippen molar-refractivity contribution in [3.05, 3.63) is 11.6 Å². The Labute approximate surface area is 149 Å². The third-order valence-corrected chi connectivity index (χ3v) is 6.02. The number of hydrogen-bond donors (Lipinski definition) is 1. The third kappa shape index (κ3) is 4.19. The summed E-state index contributed by atoms with van der Waals surface area (Å²) >= 11 is 1.70. The minimum Gasteiger partial charge on any atom is -0.370 e. The molecule has 0 spiro atoms. The second-order valence-corrected chi connectivity index (χ2v) is 8.28. The minimum absolute atomic E-state index is 0.330. The minimum atomic E-state index is 0.330. The van der Waals surface area contributed by atoms with Crippen molar-refractivity contribution >= 4 is 22.4 Å². The van der Waals surface area contributed by atoms with Gasteiger partial charge in [0.15, 0.2) is 11.1 Å². The Morgan fingerprint density at radius 1 is 1.29 bits per heavy atom. The predicted molar refractivity (Wildman–Crippen MR) is 102 cm³/mol. The van der Waals surface area contributed by atoms with Crippen LogP contribution in [0.25, 0.3) is 0 Å². The molecule has 0 atom stereocenters. The summed E-state index contributed by atoms with van der Waals surface area (Å²) in [5.74, 6) is 0.721. The van der Waals surface area contributed by atoms with Crippen LogP contribution in [0.4, 0.5) is 5.13 Å². The maximum atomic E-state index is 6.31. The van der Waals surface area contributed by atoms with E-state index in [1.54, 1.807) is 11.3 Å². The van der Waals surface area contributed by atoms with Gasteiger partial charge in [0, 0.05) is 56.3 Å². The van der Waals surface area contributed by atoms with Crippen molar-refractivity contribution in [3.8, 4) is 0 Å². The fraction of sp³-hybridized carbons (Fsp3) is 0.765. The maximum absolute atomic E-state index is 6.31. The summed E-state index contributed by atoms with van der Waals surface area (Å²) in [7, 11) is 4.32. The van der Waals surface area contributed by atoms with E-state index in [-0.39, 0.29) is 0 Å².